The maximum absolute atomic E-state index is 10.5. The van der Waals surface area contributed by atoms with Crippen LogP contribution < -0.4 is 4.89 Å². The number of ether oxygens (including phenoxy) is 1. The van der Waals surface area contributed by atoms with Gasteiger partial charge in [0.15, 0.2) is 7.60 Å². The van der Waals surface area contributed by atoms with Crippen molar-refractivity contribution in [1.29, 1.82) is 0 Å². The van der Waals surface area contributed by atoms with Crippen LogP contribution in [0.3, 0.4) is 0 Å². The molecular formula is C4H10O4P-. The van der Waals surface area contributed by atoms with Crippen molar-refractivity contribution in [2.45, 2.75) is 6.92 Å². The Kier molecular flexibility index (Phi) is 4.06. The molecule has 0 radical (unpaired) electrons. The van der Waals surface area contributed by atoms with Crippen LogP contribution in [0.4, 0.5) is 0 Å². The maximum Gasteiger partial charge on any atom is 0.160 e. The van der Waals surface area contributed by atoms with Crippen LogP contribution in [-0.4, -0.2) is 20.1 Å². The molecule has 0 aliphatic rings. The van der Waals surface area contributed by atoms with Crippen molar-refractivity contribution in [3.8, 4) is 0 Å². The van der Waals surface area contributed by atoms with E-state index >= 15 is 0 Å². The molecule has 0 saturated carbocycles. The second-order valence-corrected chi connectivity index (χ2v) is 3.18. The zero-order valence-electron chi connectivity index (χ0n) is 5.49. The van der Waals surface area contributed by atoms with Gasteiger partial charge in [0.05, 0.1) is 6.61 Å². The molecule has 0 aromatic carbocycles. The molecule has 0 fully saturated rings. The summed E-state index contributed by atoms with van der Waals surface area (Å²) in [6.45, 7) is 1.78. The normalized spacial score (nSPS) is 17.2. The fourth-order valence-electron chi connectivity index (χ4n) is 0.392. The van der Waals surface area contributed by atoms with Crippen LogP contribution >= 0.6 is 7.60 Å². The van der Waals surface area contributed by atoms with Crippen molar-refractivity contribution in [3.63, 3.8) is 0 Å². The van der Waals surface area contributed by atoms with Crippen LogP contribution in [-0.2, 0) is 13.8 Å². The van der Waals surface area contributed by atoms with Gasteiger partial charge >= 0.3 is 0 Å². The first kappa shape index (κ1) is 9.11. The largest absolute Gasteiger partial charge is 0.777 e. The summed E-state index contributed by atoms with van der Waals surface area (Å²) in [4.78, 5) is 10.5. The predicted molar refractivity (Wildman–Crippen MR) is 31.1 cm³/mol. The minimum atomic E-state index is -3.66. The molecule has 0 bridgehead atoms. The molecule has 0 spiro atoms. The number of hydrogen-bond acceptors (Lipinski definition) is 4. The van der Waals surface area contributed by atoms with Crippen LogP contribution in [0.2, 0.25) is 0 Å². The molecule has 0 heterocycles. The van der Waals surface area contributed by atoms with Crippen molar-refractivity contribution in [1.82, 2.24) is 0 Å². The number of hydrogen-bond donors (Lipinski definition) is 0. The van der Waals surface area contributed by atoms with E-state index in [4.69, 9.17) is 0 Å². The number of rotatable bonds is 4. The molecule has 0 amide bonds. The molecule has 5 heteroatoms. The maximum atomic E-state index is 10.5. The summed E-state index contributed by atoms with van der Waals surface area (Å²) in [6.07, 6.45) is -0.346. The van der Waals surface area contributed by atoms with Gasteiger partial charge in [0, 0.05) is 7.11 Å². The predicted octanol–water partition coefficient (Wildman–Crippen LogP) is 0.180. The lowest BCUT2D eigenvalue weighted by Crippen LogP contribution is -2.09. The summed E-state index contributed by atoms with van der Waals surface area (Å²) >= 11 is 0. The van der Waals surface area contributed by atoms with Gasteiger partial charge in [-0.1, -0.05) is 0 Å². The number of methoxy groups -OCH3 is 1. The van der Waals surface area contributed by atoms with Gasteiger partial charge in [0.1, 0.15) is 6.35 Å². The molecule has 0 aromatic heterocycles. The fourth-order valence-corrected chi connectivity index (χ4v) is 1.18. The van der Waals surface area contributed by atoms with Gasteiger partial charge < -0.3 is 18.7 Å². The molecule has 0 aliphatic carbocycles. The average molecular weight is 153 g/mol. The van der Waals surface area contributed by atoms with Crippen molar-refractivity contribution in [3.05, 3.63) is 0 Å². The van der Waals surface area contributed by atoms with E-state index in [1.54, 1.807) is 6.92 Å². The molecule has 0 saturated heterocycles. The van der Waals surface area contributed by atoms with E-state index in [0.29, 0.717) is 0 Å². The third-order valence-electron chi connectivity index (χ3n) is 0.613. The third-order valence-corrected chi connectivity index (χ3v) is 1.84. The second-order valence-electron chi connectivity index (χ2n) is 1.45. The monoisotopic (exact) mass is 153 g/mol. The second kappa shape index (κ2) is 4.01. The first-order valence-electron chi connectivity index (χ1n) is 2.56. The highest BCUT2D eigenvalue weighted by Crippen LogP contribution is 2.35. The quantitative estimate of drug-likeness (QED) is 0.540. The Morgan fingerprint density at radius 1 is 1.67 bits per heavy atom. The summed E-state index contributed by atoms with van der Waals surface area (Å²) < 4.78 is 19.2. The Balaban J connectivity index is 3.58. The minimum absolute atomic E-state index is 0.171. The Morgan fingerprint density at radius 3 is 2.56 bits per heavy atom. The molecule has 0 aliphatic heterocycles. The minimum Gasteiger partial charge on any atom is -0.777 e. The van der Waals surface area contributed by atoms with Gasteiger partial charge in [-0.05, 0) is 6.92 Å². The molecule has 0 N–H and O–H groups in total. The van der Waals surface area contributed by atoms with E-state index in [9.17, 15) is 9.46 Å². The summed E-state index contributed by atoms with van der Waals surface area (Å²) in [5, 5.41) is 0. The topological polar surface area (TPSA) is 58.6 Å². The highest BCUT2D eigenvalue weighted by atomic mass is 31.2. The zero-order chi connectivity index (χ0) is 7.33. The summed E-state index contributed by atoms with van der Waals surface area (Å²) in [5.74, 6) is 0. The highest BCUT2D eigenvalue weighted by Gasteiger charge is 2.04. The molecule has 1 unspecified atom stereocenters. The standard InChI is InChI=1S/C4H11O4P/c1-3-8-9(5,6)4-7-2/h3-4H2,1-2H3,(H,5,6)/p-1. The summed E-state index contributed by atoms with van der Waals surface area (Å²) in [7, 11) is -2.36. The lowest BCUT2D eigenvalue weighted by molar-refractivity contribution is -0.202. The highest BCUT2D eigenvalue weighted by molar-refractivity contribution is 7.51. The Labute approximate surface area is 54.3 Å². The van der Waals surface area contributed by atoms with Crippen LogP contribution in [0, 0.1) is 0 Å². The van der Waals surface area contributed by atoms with Crippen molar-refractivity contribution < 1.29 is 18.7 Å². The van der Waals surface area contributed by atoms with Gasteiger partial charge in [-0.25, -0.2) is 0 Å². The zero-order valence-corrected chi connectivity index (χ0v) is 6.39. The molecule has 1 atom stereocenters. The van der Waals surface area contributed by atoms with Gasteiger partial charge in [-0.15, -0.1) is 0 Å². The van der Waals surface area contributed by atoms with Gasteiger partial charge in [-0.3, -0.25) is 0 Å². The van der Waals surface area contributed by atoms with Crippen LogP contribution in [0.1, 0.15) is 6.92 Å². The van der Waals surface area contributed by atoms with E-state index in [-0.39, 0.29) is 13.0 Å². The SMILES string of the molecule is CCOP(=O)([O-])COC. The molecule has 0 rings (SSSR count). The first-order chi connectivity index (χ1) is 4.12. The molecule has 4 nitrogen and oxygen atoms in total. The lowest BCUT2D eigenvalue weighted by Gasteiger charge is -2.20. The van der Waals surface area contributed by atoms with E-state index in [0.717, 1.165) is 0 Å². The first-order valence-corrected chi connectivity index (χ1v) is 4.28. The third kappa shape index (κ3) is 4.60. The Bertz CT molecular complexity index is 103. The summed E-state index contributed by atoms with van der Waals surface area (Å²) in [6, 6.07) is 0. The molecular weight excluding hydrogens is 143 g/mol. The van der Waals surface area contributed by atoms with Crippen LogP contribution in [0.25, 0.3) is 0 Å². The van der Waals surface area contributed by atoms with Crippen molar-refractivity contribution in [2.75, 3.05) is 20.1 Å². The van der Waals surface area contributed by atoms with E-state index < -0.39 is 7.60 Å². The molecule has 0 aromatic rings. The van der Waals surface area contributed by atoms with Gasteiger partial charge in [0.25, 0.3) is 0 Å². The van der Waals surface area contributed by atoms with E-state index in [1.807, 2.05) is 0 Å². The van der Waals surface area contributed by atoms with Gasteiger partial charge in [-0.2, -0.15) is 0 Å². The average Bonchev–Trinajstić information content (AvgIpc) is 1.64. The van der Waals surface area contributed by atoms with E-state index in [2.05, 4.69) is 9.26 Å². The van der Waals surface area contributed by atoms with Gasteiger partial charge in [0.2, 0.25) is 0 Å². The van der Waals surface area contributed by atoms with Crippen LogP contribution in [0.15, 0.2) is 0 Å². The Hall–Kier alpha value is 0.110. The molecule has 9 heavy (non-hydrogen) atoms. The Morgan fingerprint density at radius 2 is 2.22 bits per heavy atom. The van der Waals surface area contributed by atoms with Crippen molar-refractivity contribution >= 4 is 7.60 Å². The lowest BCUT2D eigenvalue weighted by atomic mass is 10.9. The van der Waals surface area contributed by atoms with E-state index in [1.165, 1.54) is 7.11 Å². The van der Waals surface area contributed by atoms with Crippen molar-refractivity contribution in [2.24, 2.45) is 0 Å². The fraction of sp³-hybridized carbons (Fsp3) is 1.00. The summed E-state index contributed by atoms with van der Waals surface area (Å²) in [5.41, 5.74) is 0. The smallest absolute Gasteiger partial charge is 0.160 e. The molecule has 56 valence electrons. The van der Waals surface area contributed by atoms with Crippen LogP contribution in [0.5, 0.6) is 0 Å².